The monoisotopic (exact) mass is 538 g/mol. The average molecular weight is 540 g/mol. The number of benzene rings is 1. The average Bonchev–Trinajstić information content (AvgIpc) is 3.07. The van der Waals surface area contributed by atoms with Crippen LogP contribution < -0.4 is 10.3 Å². The van der Waals surface area contributed by atoms with Crippen LogP contribution in [0.1, 0.15) is 46.4 Å². The van der Waals surface area contributed by atoms with Crippen molar-refractivity contribution in [2.75, 3.05) is 7.11 Å². The molecule has 0 amide bonds. The van der Waals surface area contributed by atoms with Crippen LogP contribution in [-0.4, -0.2) is 27.3 Å². The first-order valence-electron chi connectivity index (χ1n) is 9.50. The molecule has 4 rings (SSSR count). The quantitative estimate of drug-likeness (QED) is 0.422. The molecule has 1 aromatic carbocycles. The number of aryl methyl sites for hydroxylation is 2. The molecule has 0 spiro atoms. The van der Waals surface area contributed by atoms with E-state index in [9.17, 15) is 9.59 Å². The van der Waals surface area contributed by atoms with Gasteiger partial charge in [0.05, 0.1) is 28.7 Å². The summed E-state index contributed by atoms with van der Waals surface area (Å²) in [6, 6.07) is 5.77. The van der Waals surface area contributed by atoms with Crippen LogP contribution >= 0.6 is 43.2 Å². The summed E-state index contributed by atoms with van der Waals surface area (Å²) in [5.41, 5.74) is 1.70. The number of carbonyl (C=O) groups excluding carboxylic acids is 1. The first-order valence-corrected chi connectivity index (χ1v) is 12.0. The van der Waals surface area contributed by atoms with Crippen molar-refractivity contribution < 1.29 is 9.53 Å². The minimum atomic E-state index is -0.175. The Hall–Kier alpha value is -1.51. The van der Waals surface area contributed by atoms with E-state index in [4.69, 9.17) is 9.72 Å². The van der Waals surface area contributed by atoms with Gasteiger partial charge in [-0.3, -0.25) is 14.2 Å². The van der Waals surface area contributed by atoms with Gasteiger partial charge in [-0.25, -0.2) is 4.98 Å². The number of Topliss-reactive ketones (excluding diaryl/α,β-unsaturated/α-hetero) is 1. The van der Waals surface area contributed by atoms with E-state index in [1.165, 1.54) is 11.3 Å². The zero-order valence-corrected chi connectivity index (χ0v) is 20.1. The summed E-state index contributed by atoms with van der Waals surface area (Å²) in [6.45, 7) is 2.44. The molecule has 0 saturated heterocycles. The highest BCUT2D eigenvalue weighted by molar-refractivity contribution is 9.10. The van der Waals surface area contributed by atoms with Crippen molar-refractivity contribution in [3.63, 3.8) is 0 Å². The number of carbonyl (C=O) groups is 1. The van der Waals surface area contributed by atoms with Gasteiger partial charge in [-0.2, -0.15) is 0 Å². The van der Waals surface area contributed by atoms with E-state index in [1.807, 2.05) is 18.2 Å². The molecule has 152 valence electrons. The number of ether oxygens (including phenoxy) is 1. The van der Waals surface area contributed by atoms with Crippen molar-refractivity contribution in [3.8, 4) is 5.75 Å². The number of thiophene rings is 1. The van der Waals surface area contributed by atoms with Crippen molar-refractivity contribution in [1.82, 2.24) is 9.55 Å². The van der Waals surface area contributed by atoms with Crippen LogP contribution in [0.5, 0.6) is 5.75 Å². The fourth-order valence-corrected chi connectivity index (χ4v) is 6.03. The molecule has 1 unspecified atom stereocenters. The second kappa shape index (κ2) is 8.32. The van der Waals surface area contributed by atoms with E-state index in [0.717, 1.165) is 33.6 Å². The third kappa shape index (κ3) is 3.70. The first-order chi connectivity index (χ1) is 13.9. The number of hydrogen-bond donors (Lipinski definition) is 0. The fourth-order valence-electron chi connectivity index (χ4n) is 3.78. The molecule has 0 N–H and O–H groups in total. The fraction of sp³-hybridized carbons (Fsp3) is 0.381. The van der Waals surface area contributed by atoms with Crippen LogP contribution in [0, 0.1) is 0 Å². The van der Waals surface area contributed by atoms with E-state index in [0.29, 0.717) is 40.9 Å². The molecule has 5 nitrogen and oxygen atoms in total. The van der Waals surface area contributed by atoms with Crippen LogP contribution in [-0.2, 0) is 19.4 Å². The molecule has 1 atom stereocenters. The van der Waals surface area contributed by atoms with Crippen LogP contribution in [0.2, 0.25) is 0 Å². The molecule has 29 heavy (non-hydrogen) atoms. The molecule has 3 aromatic rings. The van der Waals surface area contributed by atoms with Crippen LogP contribution in [0.3, 0.4) is 0 Å². The van der Waals surface area contributed by atoms with Crippen LogP contribution in [0.25, 0.3) is 10.2 Å². The third-order valence-electron chi connectivity index (χ3n) is 5.19. The van der Waals surface area contributed by atoms with Crippen molar-refractivity contribution in [1.29, 1.82) is 0 Å². The summed E-state index contributed by atoms with van der Waals surface area (Å²) in [7, 11) is 1.63. The summed E-state index contributed by atoms with van der Waals surface area (Å²) < 4.78 is 8.17. The zero-order chi connectivity index (χ0) is 20.7. The Morgan fingerprint density at radius 2 is 2.14 bits per heavy atom. The molecular weight excluding hydrogens is 520 g/mol. The molecule has 1 aliphatic rings. The van der Waals surface area contributed by atoms with E-state index in [-0.39, 0.29) is 16.2 Å². The summed E-state index contributed by atoms with van der Waals surface area (Å²) in [6.07, 6.45) is 2.98. The Bertz CT molecular complexity index is 1170. The van der Waals surface area contributed by atoms with Gasteiger partial charge in [0.2, 0.25) is 0 Å². The van der Waals surface area contributed by atoms with Gasteiger partial charge in [-0.15, -0.1) is 11.3 Å². The standard InChI is InChI=1S/C21H20Br2N2O3S/c1-3-4-16-24-20-17(13-6-7-14(23)18(26)19(13)29-20)21(27)25(16)10-11-9-12(22)5-8-15(11)28-2/h5,8-9,14H,3-4,6-7,10H2,1-2H3. The Morgan fingerprint density at radius 3 is 2.86 bits per heavy atom. The predicted octanol–water partition coefficient (Wildman–Crippen LogP) is 5.12. The molecule has 0 radical (unpaired) electrons. The summed E-state index contributed by atoms with van der Waals surface area (Å²) >= 11 is 8.31. The summed E-state index contributed by atoms with van der Waals surface area (Å²) in [5, 5.41) is 0.603. The van der Waals surface area contributed by atoms with Crippen molar-refractivity contribution in [2.45, 2.75) is 44.0 Å². The smallest absolute Gasteiger partial charge is 0.262 e. The molecule has 2 aromatic heterocycles. The van der Waals surface area contributed by atoms with Crippen molar-refractivity contribution in [2.24, 2.45) is 0 Å². The largest absolute Gasteiger partial charge is 0.496 e. The van der Waals surface area contributed by atoms with Gasteiger partial charge >= 0.3 is 0 Å². The van der Waals surface area contributed by atoms with Gasteiger partial charge in [-0.1, -0.05) is 38.8 Å². The Kier molecular flexibility index (Phi) is 5.95. The second-order valence-electron chi connectivity index (χ2n) is 7.09. The third-order valence-corrected chi connectivity index (χ3v) is 7.70. The lowest BCUT2D eigenvalue weighted by Gasteiger charge is -2.16. The Balaban J connectivity index is 1.93. The highest BCUT2D eigenvalue weighted by atomic mass is 79.9. The minimum Gasteiger partial charge on any atom is -0.496 e. The number of aromatic nitrogens is 2. The van der Waals surface area contributed by atoms with Gasteiger partial charge in [0.15, 0.2) is 5.78 Å². The number of nitrogens with zero attached hydrogens (tertiary/aromatic N) is 2. The number of halogens is 2. The molecule has 8 heteroatoms. The summed E-state index contributed by atoms with van der Waals surface area (Å²) in [4.78, 5) is 32.2. The van der Waals surface area contributed by atoms with Gasteiger partial charge < -0.3 is 4.74 Å². The topological polar surface area (TPSA) is 61.2 Å². The second-order valence-corrected chi connectivity index (χ2v) is 10.1. The number of alkyl halides is 1. The normalized spacial score (nSPS) is 16.3. The minimum absolute atomic E-state index is 0.0610. The molecule has 2 heterocycles. The lowest BCUT2D eigenvalue weighted by molar-refractivity contribution is 0.0986. The number of ketones is 1. The van der Waals surface area contributed by atoms with Gasteiger partial charge in [0.1, 0.15) is 16.4 Å². The van der Waals surface area contributed by atoms with Gasteiger partial charge in [0, 0.05) is 16.5 Å². The van der Waals surface area contributed by atoms with E-state index in [2.05, 4.69) is 38.8 Å². The molecule has 1 aliphatic carbocycles. The zero-order valence-electron chi connectivity index (χ0n) is 16.1. The van der Waals surface area contributed by atoms with Crippen molar-refractivity contribution >= 4 is 59.2 Å². The maximum absolute atomic E-state index is 13.6. The summed E-state index contributed by atoms with van der Waals surface area (Å²) in [5.74, 6) is 1.53. The lowest BCUT2D eigenvalue weighted by Crippen LogP contribution is -2.27. The van der Waals surface area contributed by atoms with Crippen LogP contribution in [0.15, 0.2) is 27.5 Å². The Labute approximate surface area is 189 Å². The lowest BCUT2D eigenvalue weighted by atomic mass is 9.96. The maximum Gasteiger partial charge on any atom is 0.262 e. The predicted molar refractivity (Wildman–Crippen MR) is 123 cm³/mol. The highest BCUT2D eigenvalue weighted by Crippen LogP contribution is 2.36. The number of fused-ring (bicyclic) bond motifs is 3. The van der Waals surface area contributed by atoms with E-state index >= 15 is 0 Å². The maximum atomic E-state index is 13.6. The van der Waals surface area contributed by atoms with Crippen molar-refractivity contribution in [3.05, 3.63) is 54.9 Å². The molecule has 0 saturated carbocycles. The van der Waals surface area contributed by atoms with E-state index < -0.39 is 0 Å². The SMILES string of the molecule is CCCc1nc2sc3c(c2c(=O)n1Cc1cc(Br)ccc1OC)CCC(Br)C3=O. The first kappa shape index (κ1) is 20.8. The van der Waals surface area contributed by atoms with Gasteiger partial charge in [-0.05, 0) is 43.0 Å². The van der Waals surface area contributed by atoms with Gasteiger partial charge in [0.25, 0.3) is 5.56 Å². The van der Waals surface area contributed by atoms with Crippen LogP contribution in [0.4, 0.5) is 0 Å². The molecule has 0 fully saturated rings. The number of hydrogen-bond acceptors (Lipinski definition) is 5. The number of rotatable bonds is 5. The highest BCUT2D eigenvalue weighted by Gasteiger charge is 2.31. The molecule has 0 aliphatic heterocycles. The molecular formula is C21H20Br2N2O3S. The number of methoxy groups -OCH3 is 1. The Morgan fingerprint density at radius 1 is 1.34 bits per heavy atom. The van der Waals surface area contributed by atoms with E-state index in [1.54, 1.807) is 11.7 Å². The molecule has 0 bridgehead atoms.